The van der Waals surface area contributed by atoms with Crippen molar-refractivity contribution in [2.24, 2.45) is 0 Å². The van der Waals surface area contributed by atoms with Crippen LogP contribution in [0.25, 0.3) is 0 Å². The standard InChI is InChI=1S/C19H22N2O2S/c1-2-3-4-5-7-16-10-12-19(13-11-16)24(22,23)21-18-9-6-8-17(14-18)15-20/h6,8-14,21H,2-5,7H2,1H3. The van der Waals surface area contributed by atoms with Gasteiger partial charge in [0, 0.05) is 0 Å². The number of sulfonamides is 1. The van der Waals surface area contributed by atoms with Crippen molar-refractivity contribution in [1.82, 2.24) is 0 Å². The van der Waals surface area contributed by atoms with E-state index in [0.717, 1.165) is 18.4 Å². The van der Waals surface area contributed by atoms with Crippen LogP contribution in [-0.4, -0.2) is 8.42 Å². The highest BCUT2D eigenvalue weighted by Gasteiger charge is 2.14. The van der Waals surface area contributed by atoms with Gasteiger partial charge in [0.2, 0.25) is 0 Å². The maximum atomic E-state index is 12.4. The summed E-state index contributed by atoms with van der Waals surface area (Å²) in [5.74, 6) is 0. The smallest absolute Gasteiger partial charge is 0.261 e. The van der Waals surface area contributed by atoms with E-state index < -0.39 is 10.0 Å². The first-order valence-corrected chi connectivity index (χ1v) is 9.65. The van der Waals surface area contributed by atoms with Gasteiger partial charge >= 0.3 is 0 Å². The van der Waals surface area contributed by atoms with Crippen LogP contribution < -0.4 is 4.72 Å². The number of nitrogens with zero attached hydrogens (tertiary/aromatic N) is 1. The van der Waals surface area contributed by atoms with Crippen LogP contribution in [-0.2, 0) is 16.4 Å². The van der Waals surface area contributed by atoms with Crippen LogP contribution in [0.15, 0.2) is 53.4 Å². The highest BCUT2D eigenvalue weighted by molar-refractivity contribution is 7.92. The lowest BCUT2D eigenvalue weighted by atomic mass is 10.1. The van der Waals surface area contributed by atoms with E-state index in [2.05, 4.69) is 11.6 Å². The zero-order chi connectivity index (χ0) is 17.4. The van der Waals surface area contributed by atoms with Gasteiger partial charge in [-0.3, -0.25) is 4.72 Å². The predicted molar refractivity (Wildman–Crippen MR) is 96.3 cm³/mol. The summed E-state index contributed by atoms with van der Waals surface area (Å²) >= 11 is 0. The molecule has 0 unspecified atom stereocenters. The molecule has 1 N–H and O–H groups in total. The van der Waals surface area contributed by atoms with Crippen molar-refractivity contribution >= 4 is 15.7 Å². The van der Waals surface area contributed by atoms with Gasteiger partial charge in [-0.1, -0.05) is 44.4 Å². The van der Waals surface area contributed by atoms with Gasteiger partial charge in [0.15, 0.2) is 0 Å². The number of unbranched alkanes of at least 4 members (excludes halogenated alkanes) is 3. The van der Waals surface area contributed by atoms with Crippen LogP contribution in [0.2, 0.25) is 0 Å². The number of nitrogens with one attached hydrogen (secondary N) is 1. The average molecular weight is 342 g/mol. The summed E-state index contributed by atoms with van der Waals surface area (Å²) in [4.78, 5) is 0.224. The Labute approximate surface area is 144 Å². The summed E-state index contributed by atoms with van der Waals surface area (Å²) in [5, 5.41) is 8.89. The number of aryl methyl sites for hydroxylation is 1. The molecule has 0 spiro atoms. The quantitative estimate of drug-likeness (QED) is 0.719. The molecule has 0 fully saturated rings. The molecule has 0 aliphatic carbocycles. The van der Waals surface area contributed by atoms with E-state index in [1.54, 1.807) is 30.3 Å². The molecule has 0 heterocycles. The maximum absolute atomic E-state index is 12.4. The normalized spacial score (nSPS) is 11.0. The molecule has 0 saturated carbocycles. The third-order valence-corrected chi connectivity index (χ3v) is 5.19. The van der Waals surface area contributed by atoms with E-state index >= 15 is 0 Å². The molecule has 126 valence electrons. The SMILES string of the molecule is CCCCCCc1ccc(S(=O)(=O)Nc2cccc(C#N)c2)cc1. The van der Waals surface area contributed by atoms with E-state index in [4.69, 9.17) is 5.26 Å². The lowest BCUT2D eigenvalue weighted by Gasteiger charge is -2.09. The fourth-order valence-corrected chi connectivity index (χ4v) is 3.51. The van der Waals surface area contributed by atoms with Gasteiger partial charge in [-0.05, 0) is 48.7 Å². The summed E-state index contributed by atoms with van der Waals surface area (Å²) in [6, 6.07) is 15.4. The molecule has 4 nitrogen and oxygen atoms in total. The van der Waals surface area contributed by atoms with Crippen LogP contribution in [0.1, 0.15) is 43.7 Å². The first-order valence-electron chi connectivity index (χ1n) is 8.17. The first kappa shape index (κ1) is 18.0. The van der Waals surface area contributed by atoms with Gasteiger partial charge < -0.3 is 0 Å². The average Bonchev–Trinajstić information content (AvgIpc) is 2.59. The summed E-state index contributed by atoms with van der Waals surface area (Å²) in [6.45, 7) is 2.18. The predicted octanol–water partition coefficient (Wildman–Crippen LogP) is 4.48. The Morgan fingerprint density at radius 2 is 1.79 bits per heavy atom. The van der Waals surface area contributed by atoms with Gasteiger partial charge in [0.1, 0.15) is 0 Å². The van der Waals surface area contributed by atoms with Crippen LogP contribution in [0, 0.1) is 11.3 Å². The molecular weight excluding hydrogens is 320 g/mol. The van der Waals surface area contributed by atoms with Crippen molar-refractivity contribution in [3.8, 4) is 6.07 Å². The molecule has 2 aromatic carbocycles. The van der Waals surface area contributed by atoms with Gasteiger partial charge in [-0.2, -0.15) is 5.26 Å². The molecule has 0 aliphatic heterocycles. The third-order valence-electron chi connectivity index (χ3n) is 3.80. The molecule has 0 aliphatic rings. The fourth-order valence-electron chi connectivity index (χ4n) is 2.46. The summed E-state index contributed by atoms with van der Waals surface area (Å²) in [7, 11) is -3.64. The maximum Gasteiger partial charge on any atom is 0.261 e. The second-order valence-corrected chi connectivity index (χ2v) is 7.44. The Kier molecular flexibility index (Phi) is 6.39. The first-order chi connectivity index (χ1) is 11.5. The van der Waals surface area contributed by atoms with Crippen molar-refractivity contribution in [2.45, 2.75) is 43.9 Å². The van der Waals surface area contributed by atoms with E-state index in [1.165, 1.54) is 25.3 Å². The zero-order valence-electron chi connectivity index (χ0n) is 13.8. The van der Waals surface area contributed by atoms with Crippen LogP contribution >= 0.6 is 0 Å². The van der Waals surface area contributed by atoms with E-state index in [1.807, 2.05) is 18.2 Å². The summed E-state index contributed by atoms with van der Waals surface area (Å²) < 4.78 is 27.3. The van der Waals surface area contributed by atoms with Crippen molar-refractivity contribution < 1.29 is 8.42 Å². The van der Waals surface area contributed by atoms with Crippen molar-refractivity contribution in [1.29, 1.82) is 5.26 Å². The molecule has 24 heavy (non-hydrogen) atoms. The van der Waals surface area contributed by atoms with Gasteiger partial charge in [-0.25, -0.2) is 8.42 Å². The van der Waals surface area contributed by atoms with Gasteiger partial charge in [0.25, 0.3) is 10.0 Å². The summed E-state index contributed by atoms with van der Waals surface area (Å²) in [5.41, 5.74) is 1.95. The number of hydrogen-bond donors (Lipinski definition) is 1. The molecule has 0 atom stereocenters. The minimum atomic E-state index is -3.64. The van der Waals surface area contributed by atoms with E-state index in [-0.39, 0.29) is 4.90 Å². The molecule has 0 aromatic heterocycles. The molecule has 0 amide bonds. The Morgan fingerprint density at radius 1 is 1.04 bits per heavy atom. The molecular formula is C19H22N2O2S. The zero-order valence-corrected chi connectivity index (χ0v) is 14.6. The highest BCUT2D eigenvalue weighted by Crippen LogP contribution is 2.18. The van der Waals surface area contributed by atoms with Crippen molar-refractivity contribution in [3.63, 3.8) is 0 Å². The van der Waals surface area contributed by atoms with Crippen molar-refractivity contribution in [3.05, 3.63) is 59.7 Å². The van der Waals surface area contributed by atoms with Crippen LogP contribution in [0.5, 0.6) is 0 Å². The Balaban J connectivity index is 2.05. The van der Waals surface area contributed by atoms with E-state index in [9.17, 15) is 8.42 Å². The molecule has 0 radical (unpaired) electrons. The molecule has 0 bridgehead atoms. The molecule has 2 rings (SSSR count). The second-order valence-electron chi connectivity index (χ2n) is 5.75. The van der Waals surface area contributed by atoms with Crippen LogP contribution in [0.4, 0.5) is 5.69 Å². The number of nitriles is 1. The van der Waals surface area contributed by atoms with Crippen molar-refractivity contribution in [2.75, 3.05) is 4.72 Å². The number of benzene rings is 2. The minimum absolute atomic E-state index is 0.224. The number of hydrogen-bond acceptors (Lipinski definition) is 3. The summed E-state index contributed by atoms with van der Waals surface area (Å²) in [6.07, 6.45) is 5.73. The Bertz CT molecular complexity index is 806. The lowest BCUT2D eigenvalue weighted by molar-refractivity contribution is 0.601. The molecule has 0 saturated heterocycles. The largest absolute Gasteiger partial charge is 0.280 e. The minimum Gasteiger partial charge on any atom is -0.280 e. The van der Waals surface area contributed by atoms with Gasteiger partial charge in [-0.15, -0.1) is 0 Å². The number of rotatable bonds is 8. The molecule has 5 heteroatoms. The van der Waals surface area contributed by atoms with E-state index in [0.29, 0.717) is 11.3 Å². The second kappa shape index (κ2) is 8.51. The van der Waals surface area contributed by atoms with Crippen LogP contribution in [0.3, 0.4) is 0 Å². The molecule has 2 aromatic rings. The monoisotopic (exact) mass is 342 g/mol. The third kappa shape index (κ3) is 5.10. The Hall–Kier alpha value is -2.32. The topological polar surface area (TPSA) is 70.0 Å². The van der Waals surface area contributed by atoms with Gasteiger partial charge in [0.05, 0.1) is 22.2 Å². The fraction of sp³-hybridized carbons (Fsp3) is 0.316. The number of anilines is 1. The Morgan fingerprint density at radius 3 is 2.46 bits per heavy atom. The highest BCUT2D eigenvalue weighted by atomic mass is 32.2. The lowest BCUT2D eigenvalue weighted by Crippen LogP contribution is -2.13.